The molecule has 5 aliphatic carbocycles. The number of aromatic nitrogens is 1. The molecule has 0 aromatic carbocycles. The largest absolute Gasteiger partial charge is 0.381 e. The maximum atomic E-state index is 12.0. The summed E-state index contributed by atoms with van der Waals surface area (Å²) in [6.45, 7) is 2.92. The van der Waals surface area contributed by atoms with E-state index in [4.69, 9.17) is 10.5 Å². The van der Waals surface area contributed by atoms with Gasteiger partial charge < -0.3 is 15.8 Å². The first kappa shape index (κ1) is 16.3. The zero-order valence-corrected chi connectivity index (χ0v) is 15.3. The smallest absolute Gasteiger partial charge is 0.252 e. The summed E-state index contributed by atoms with van der Waals surface area (Å²) >= 11 is 0. The van der Waals surface area contributed by atoms with Crippen LogP contribution in [-0.4, -0.2) is 29.1 Å². The normalized spacial score (nSPS) is 36.3. The van der Waals surface area contributed by atoms with E-state index in [9.17, 15) is 4.79 Å². The van der Waals surface area contributed by atoms with E-state index in [0.717, 1.165) is 48.7 Å². The standard InChI is InChI=1S/C21H27N3O2/c1-2-26-21-8-12-6-13(9-21)18(14(7-12)10-21)24-19-15-4-3-5-17(15)23-11-16(19)20(22)25/h3-4,11-14,18H,2,5-10H2,1H3,(H2,22,25)(H,23,24)/t12?,13-,14+,18?,21?. The summed E-state index contributed by atoms with van der Waals surface area (Å²) in [6.07, 6.45) is 12.7. The highest BCUT2D eigenvalue weighted by atomic mass is 16.5. The highest BCUT2D eigenvalue weighted by Crippen LogP contribution is 2.58. The van der Waals surface area contributed by atoms with Crippen molar-refractivity contribution in [2.75, 3.05) is 11.9 Å². The molecule has 3 unspecified atom stereocenters. The number of ether oxygens (including phenoxy) is 1. The highest BCUT2D eigenvalue weighted by molar-refractivity contribution is 6.00. The summed E-state index contributed by atoms with van der Waals surface area (Å²) in [4.78, 5) is 16.4. The number of nitrogens with one attached hydrogen (secondary N) is 1. The van der Waals surface area contributed by atoms with Crippen molar-refractivity contribution in [3.8, 4) is 0 Å². The molecule has 0 saturated heterocycles. The fourth-order valence-corrected chi connectivity index (χ4v) is 6.37. The molecule has 1 heterocycles. The summed E-state index contributed by atoms with van der Waals surface area (Å²) in [5, 5.41) is 3.79. The zero-order valence-electron chi connectivity index (χ0n) is 15.3. The molecule has 4 bridgehead atoms. The minimum Gasteiger partial charge on any atom is -0.381 e. The van der Waals surface area contributed by atoms with Crippen LogP contribution in [0.1, 0.15) is 60.6 Å². The van der Waals surface area contributed by atoms with Crippen LogP contribution in [-0.2, 0) is 11.2 Å². The number of nitrogens with two attached hydrogens (primary N) is 1. The topological polar surface area (TPSA) is 77.2 Å². The van der Waals surface area contributed by atoms with Crippen molar-refractivity contribution >= 4 is 17.7 Å². The van der Waals surface area contributed by atoms with Gasteiger partial charge in [-0.1, -0.05) is 12.2 Å². The van der Waals surface area contributed by atoms with Crippen LogP contribution in [0.3, 0.4) is 0 Å². The van der Waals surface area contributed by atoms with Gasteiger partial charge in [-0.05, 0) is 56.8 Å². The van der Waals surface area contributed by atoms with Gasteiger partial charge in [0.25, 0.3) is 5.91 Å². The molecule has 0 radical (unpaired) electrons. The number of pyridine rings is 1. The maximum absolute atomic E-state index is 12.0. The monoisotopic (exact) mass is 353 g/mol. The van der Waals surface area contributed by atoms with Gasteiger partial charge in [0.1, 0.15) is 0 Å². The fraction of sp³-hybridized carbons (Fsp3) is 0.619. The van der Waals surface area contributed by atoms with Crippen molar-refractivity contribution in [3.05, 3.63) is 29.1 Å². The van der Waals surface area contributed by atoms with Crippen LogP contribution in [0, 0.1) is 17.8 Å². The van der Waals surface area contributed by atoms with Crippen LogP contribution in [0.5, 0.6) is 0 Å². The second kappa shape index (κ2) is 5.81. The molecule has 5 nitrogen and oxygen atoms in total. The molecule has 4 fully saturated rings. The van der Waals surface area contributed by atoms with Crippen LogP contribution in [0.25, 0.3) is 6.08 Å². The Balaban J connectivity index is 1.48. The number of allylic oxidation sites excluding steroid dienone is 1. The molecule has 4 saturated carbocycles. The van der Waals surface area contributed by atoms with E-state index in [2.05, 4.69) is 29.4 Å². The lowest BCUT2D eigenvalue weighted by atomic mass is 9.52. The number of fused-ring (bicyclic) bond motifs is 1. The van der Waals surface area contributed by atoms with Crippen molar-refractivity contribution in [1.82, 2.24) is 4.98 Å². The lowest BCUT2D eigenvalue weighted by molar-refractivity contribution is -0.163. The SMILES string of the molecule is CCOC12CC3C[C@H](C1)C(Nc1c(C(N)=O)cnc4c1C=CC4)[C@@H](C3)C2. The summed E-state index contributed by atoms with van der Waals surface area (Å²) in [6, 6.07) is 0.402. The van der Waals surface area contributed by atoms with Crippen molar-refractivity contribution in [2.45, 2.75) is 57.1 Å². The van der Waals surface area contributed by atoms with Crippen molar-refractivity contribution in [2.24, 2.45) is 23.5 Å². The van der Waals surface area contributed by atoms with Gasteiger partial charge in [0.2, 0.25) is 0 Å². The van der Waals surface area contributed by atoms with Gasteiger partial charge in [-0.2, -0.15) is 0 Å². The van der Waals surface area contributed by atoms with Crippen molar-refractivity contribution in [1.29, 1.82) is 0 Å². The first-order valence-electron chi connectivity index (χ1n) is 9.97. The first-order chi connectivity index (χ1) is 12.6. The quantitative estimate of drug-likeness (QED) is 0.852. The molecule has 138 valence electrons. The Labute approximate surface area is 154 Å². The molecule has 0 spiro atoms. The minimum absolute atomic E-state index is 0.107. The average molecular weight is 353 g/mol. The Morgan fingerprint density at radius 3 is 2.81 bits per heavy atom. The summed E-state index contributed by atoms with van der Waals surface area (Å²) in [7, 11) is 0. The number of nitrogens with zero attached hydrogens (tertiary/aromatic N) is 1. The summed E-state index contributed by atoms with van der Waals surface area (Å²) in [5.41, 5.74) is 9.27. The molecule has 0 aliphatic heterocycles. The Kier molecular flexibility index (Phi) is 3.64. The fourth-order valence-electron chi connectivity index (χ4n) is 6.37. The van der Waals surface area contributed by atoms with Gasteiger partial charge in [0.05, 0.1) is 22.5 Å². The van der Waals surface area contributed by atoms with Crippen molar-refractivity contribution < 1.29 is 9.53 Å². The molecule has 5 heteroatoms. The van der Waals surface area contributed by atoms with Crippen molar-refractivity contribution in [3.63, 3.8) is 0 Å². The highest BCUT2D eigenvalue weighted by Gasteiger charge is 2.56. The van der Waals surface area contributed by atoms with E-state index in [1.165, 1.54) is 19.3 Å². The number of rotatable bonds is 5. The number of amides is 1. The number of hydrogen-bond donors (Lipinski definition) is 2. The van der Waals surface area contributed by atoms with Gasteiger partial charge in [0, 0.05) is 30.8 Å². The summed E-state index contributed by atoms with van der Waals surface area (Å²) < 4.78 is 6.25. The van der Waals surface area contributed by atoms with E-state index in [1.54, 1.807) is 6.20 Å². The summed E-state index contributed by atoms with van der Waals surface area (Å²) in [5.74, 6) is 1.62. The van der Waals surface area contributed by atoms with Crippen LogP contribution >= 0.6 is 0 Å². The first-order valence-corrected chi connectivity index (χ1v) is 9.97. The van der Waals surface area contributed by atoms with Gasteiger partial charge in [-0.25, -0.2) is 0 Å². The van der Waals surface area contributed by atoms with E-state index in [-0.39, 0.29) is 5.60 Å². The number of hydrogen-bond acceptors (Lipinski definition) is 4. The minimum atomic E-state index is -0.405. The number of anilines is 1. The molecular formula is C21H27N3O2. The zero-order chi connectivity index (χ0) is 17.9. The van der Waals surface area contributed by atoms with Gasteiger partial charge >= 0.3 is 0 Å². The molecule has 1 aromatic heterocycles. The Morgan fingerprint density at radius 1 is 1.35 bits per heavy atom. The second-order valence-electron chi connectivity index (χ2n) is 8.63. The third-order valence-corrected chi connectivity index (χ3v) is 7.04. The molecule has 1 aromatic rings. The Morgan fingerprint density at radius 2 is 2.12 bits per heavy atom. The van der Waals surface area contributed by atoms with Crippen LogP contribution in [0.2, 0.25) is 0 Å². The van der Waals surface area contributed by atoms with E-state index < -0.39 is 5.91 Å². The van der Waals surface area contributed by atoms with E-state index >= 15 is 0 Å². The van der Waals surface area contributed by atoms with Crippen LogP contribution in [0.4, 0.5) is 5.69 Å². The number of carbonyl (C=O) groups is 1. The van der Waals surface area contributed by atoms with E-state index in [0.29, 0.717) is 23.4 Å². The lowest BCUT2D eigenvalue weighted by Crippen LogP contribution is -2.60. The lowest BCUT2D eigenvalue weighted by Gasteiger charge is -2.59. The molecule has 5 atom stereocenters. The number of carbonyl (C=O) groups excluding carboxylic acids is 1. The third-order valence-electron chi connectivity index (χ3n) is 7.04. The van der Waals surface area contributed by atoms with Crippen LogP contribution in [0.15, 0.2) is 12.3 Å². The average Bonchev–Trinajstić information content (AvgIpc) is 3.06. The molecular weight excluding hydrogens is 326 g/mol. The molecule has 1 amide bonds. The molecule has 5 aliphatic rings. The van der Waals surface area contributed by atoms with Crippen LogP contribution < -0.4 is 11.1 Å². The predicted molar refractivity (Wildman–Crippen MR) is 101 cm³/mol. The Hall–Kier alpha value is -1.88. The van der Waals surface area contributed by atoms with E-state index in [1.807, 2.05) is 0 Å². The van der Waals surface area contributed by atoms with Gasteiger partial charge in [-0.3, -0.25) is 9.78 Å². The molecule has 6 rings (SSSR count). The maximum Gasteiger partial charge on any atom is 0.252 e. The Bertz CT molecular complexity index is 772. The third kappa shape index (κ3) is 2.40. The predicted octanol–water partition coefficient (Wildman–Crippen LogP) is 3.15. The molecule has 3 N–H and O–H groups in total. The second-order valence-corrected chi connectivity index (χ2v) is 8.63. The molecule has 26 heavy (non-hydrogen) atoms. The number of primary amides is 1. The van der Waals surface area contributed by atoms with Gasteiger partial charge in [0.15, 0.2) is 0 Å². The van der Waals surface area contributed by atoms with Gasteiger partial charge in [-0.15, -0.1) is 0 Å².